The predicted octanol–water partition coefficient (Wildman–Crippen LogP) is 3.87. The Bertz CT molecular complexity index is 1020. The van der Waals surface area contributed by atoms with E-state index in [2.05, 4.69) is 10.6 Å². The molecule has 6 heteroatoms. The molecule has 0 aliphatic heterocycles. The summed E-state index contributed by atoms with van der Waals surface area (Å²) in [6.07, 6.45) is 0.362. The Morgan fingerprint density at radius 3 is 1.86 bits per heavy atom. The highest BCUT2D eigenvalue weighted by atomic mass is 19.1. The molecule has 3 aromatic rings. The van der Waals surface area contributed by atoms with Gasteiger partial charge in [0.05, 0.1) is 0 Å². The van der Waals surface area contributed by atoms with Crippen LogP contribution in [-0.4, -0.2) is 18.4 Å². The number of rotatable bonds is 7. The predicted molar refractivity (Wildman–Crippen MR) is 106 cm³/mol. The van der Waals surface area contributed by atoms with E-state index in [1.54, 1.807) is 54.6 Å². The first-order valence-corrected chi connectivity index (χ1v) is 9.18. The van der Waals surface area contributed by atoms with Crippen LogP contribution in [0, 0.1) is 11.6 Å². The highest BCUT2D eigenvalue weighted by Gasteiger charge is 2.11. The Labute approximate surface area is 167 Å². The van der Waals surface area contributed by atoms with Crippen LogP contribution in [0.5, 0.6) is 0 Å². The lowest BCUT2D eigenvalue weighted by Gasteiger charge is -2.09. The van der Waals surface area contributed by atoms with Crippen molar-refractivity contribution in [1.82, 2.24) is 10.6 Å². The summed E-state index contributed by atoms with van der Waals surface area (Å²) < 4.78 is 27.3. The molecule has 0 saturated heterocycles. The van der Waals surface area contributed by atoms with Gasteiger partial charge in [-0.05, 0) is 42.3 Å². The molecule has 0 atom stereocenters. The zero-order valence-corrected chi connectivity index (χ0v) is 15.6. The number of benzene rings is 3. The Hall–Kier alpha value is -3.54. The third kappa shape index (κ3) is 5.48. The van der Waals surface area contributed by atoms with Crippen LogP contribution in [0.25, 0.3) is 0 Å². The van der Waals surface area contributed by atoms with Gasteiger partial charge in [0, 0.05) is 29.8 Å². The summed E-state index contributed by atoms with van der Waals surface area (Å²) in [7, 11) is 0. The maximum Gasteiger partial charge on any atom is 0.251 e. The van der Waals surface area contributed by atoms with Gasteiger partial charge in [-0.25, -0.2) is 8.78 Å². The highest BCUT2D eigenvalue weighted by Crippen LogP contribution is 2.09. The second-order valence-corrected chi connectivity index (χ2v) is 6.45. The molecule has 0 aromatic heterocycles. The molecule has 3 aromatic carbocycles. The fourth-order valence-corrected chi connectivity index (χ4v) is 2.83. The summed E-state index contributed by atoms with van der Waals surface area (Å²) in [6, 6.07) is 18.8. The van der Waals surface area contributed by atoms with Gasteiger partial charge in [-0.1, -0.05) is 42.5 Å². The van der Waals surface area contributed by atoms with E-state index in [0.717, 1.165) is 0 Å². The molecule has 148 valence electrons. The maximum absolute atomic E-state index is 13.7. The Morgan fingerprint density at radius 1 is 0.690 bits per heavy atom. The number of amides is 2. The first kappa shape index (κ1) is 20.2. The van der Waals surface area contributed by atoms with Gasteiger partial charge in [0.1, 0.15) is 11.6 Å². The summed E-state index contributed by atoms with van der Waals surface area (Å²) in [6.45, 7) is 0.314. The van der Waals surface area contributed by atoms with Crippen molar-refractivity contribution >= 4 is 11.8 Å². The molecule has 2 N–H and O–H groups in total. The van der Waals surface area contributed by atoms with E-state index in [4.69, 9.17) is 0 Å². The SMILES string of the molecule is O=C(NCCc1ccccc1F)c1cccc(C(=O)NCc2ccccc2F)c1. The zero-order valence-electron chi connectivity index (χ0n) is 15.6. The van der Waals surface area contributed by atoms with Crippen molar-refractivity contribution < 1.29 is 18.4 Å². The largest absolute Gasteiger partial charge is 0.352 e. The number of carbonyl (C=O) groups is 2. The molecule has 3 rings (SSSR count). The Kier molecular flexibility index (Phi) is 6.68. The van der Waals surface area contributed by atoms with Gasteiger partial charge in [0.15, 0.2) is 0 Å². The Balaban J connectivity index is 1.56. The molecular weight excluding hydrogens is 374 g/mol. The average molecular weight is 394 g/mol. The Morgan fingerprint density at radius 2 is 1.24 bits per heavy atom. The molecule has 0 fully saturated rings. The molecule has 0 spiro atoms. The minimum Gasteiger partial charge on any atom is -0.352 e. The van der Waals surface area contributed by atoms with Crippen molar-refractivity contribution in [2.24, 2.45) is 0 Å². The molecule has 0 saturated carbocycles. The fourth-order valence-electron chi connectivity index (χ4n) is 2.83. The lowest BCUT2D eigenvalue weighted by molar-refractivity contribution is 0.0950. The summed E-state index contributed by atoms with van der Waals surface area (Å²) in [4.78, 5) is 24.7. The highest BCUT2D eigenvalue weighted by molar-refractivity contribution is 5.99. The van der Waals surface area contributed by atoms with E-state index in [9.17, 15) is 18.4 Å². The van der Waals surface area contributed by atoms with E-state index < -0.39 is 11.7 Å². The second kappa shape index (κ2) is 9.59. The molecule has 0 unspecified atom stereocenters. The van der Waals surface area contributed by atoms with Gasteiger partial charge in [0.2, 0.25) is 0 Å². The van der Waals surface area contributed by atoms with E-state index in [0.29, 0.717) is 28.7 Å². The van der Waals surface area contributed by atoms with E-state index in [1.165, 1.54) is 18.2 Å². The van der Waals surface area contributed by atoms with Gasteiger partial charge in [-0.15, -0.1) is 0 Å². The topological polar surface area (TPSA) is 58.2 Å². The van der Waals surface area contributed by atoms with Crippen LogP contribution in [0.1, 0.15) is 31.8 Å². The third-order valence-electron chi connectivity index (χ3n) is 4.42. The molecule has 2 amide bonds. The van der Waals surface area contributed by atoms with Gasteiger partial charge >= 0.3 is 0 Å². The number of hydrogen-bond acceptors (Lipinski definition) is 2. The monoisotopic (exact) mass is 394 g/mol. The fraction of sp³-hybridized carbons (Fsp3) is 0.130. The maximum atomic E-state index is 13.7. The number of hydrogen-bond donors (Lipinski definition) is 2. The zero-order chi connectivity index (χ0) is 20.6. The van der Waals surface area contributed by atoms with Crippen LogP contribution in [0.4, 0.5) is 8.78 Å². The minimum absolute atomic E-state index is 0.0462. The third-order valence-corrected chi connectivity index (χ3v) is 4.42. The van der Waals surface area contributed by atoms with Gasteiger partial charge in [0.25, 0.3) is 11.8 Å². The van der Waals surface area contributed by atoms with Crippen LogP contribution in [0.15, 0.2) is 72.8 Å². The molecule has 0 radical (unpaired) electrons. The number of nitrogens with one attached hydrogen (secondary N) is 2. The molecule has 4 nitrogen and oxygen atoms in total. The van der Waals surface area contributed by atoms with E-state index >= 15 is 0 Å². The standard InChI is InChI=1S/C23H20F2N2O2/c24-20-10-3-1-6-16(20)12-13-26-22(28)17-8-5-9-18(14-17)23(29)27-15-19-7-2-4-11-21(19)25/h1-11,14H,12-13,15H2,(H,26,28)(H,27,29). The van der Waals surface area contributed by atoms with Crippen LogP contribution in [0.3, 0.4) is 0 Å². The smallest absolute Gasteiger partial charge is 0.251 e. The molecule has 0 aliphatic carbocycles. The lowest BCUT2D eigenvalue weighted by atomic mass is 10.1. The minimum atomic E-state index is -0.408. The molecule has 0 bridgehead atoms. The molecule has 0 aliphatic rings. The second-order valence-electron chi connectivity index (χ2n) is 6.45. The average Bonchev–Trinajstić information content (AvgIpc) is 2.74. The molecule has 29 heavy (non-hydrogen) atoms. The van der Waals surface area contributed by atoms with E-state index in [-0.39, 0.29) is 24.8 Å². The van der Waals surface area contributed by atoms with Crippen molar-refractivity contribution in [3.63, 3.8) is 0 Å². The normalized spacial score (nSPS) is 10.4. The van der Waals surface area contributed by atoms with Crippen LogP contribution in [0.2, 0.25) is 0 Å². The van der Waals surface area contributed by atoms with Crippen molar-refractivity contribution in [3.8, 4) is 0 Å². The quantitative estimate of drug-likeness (QED) is 0.639. The van der Waals surface area contributed by atoms with Crippen molar-refractivity contribution in [3.05, 3.63) is 107 Å². The number of carbonyl (C=O) groups excluding carboxylic acids is 2. The van der Waals surface area contributed by atoms with Crippen molar-refractivity contribution in [1.29, 1.82) is 0 Å². The van der Waals surface area contributed by atoms with Gasteiger partial charge in [-0.2, -0.15) is 0 Å². The summed E-state index contributed by atoms with van der Waals surface area (Å²) in [5, 5.41) is 5.36. The van der Waals surface area contributed by atoms with Crippen LogP contribution < -0.4 is 10.6 Å². The van der Waals surface area contributed by atoms with Crippen LogP contribution in [-0.2, 0) is 13.0 Å². The summed E-state index contributed by atoms with van der Waals surface area (Å²) in [5.41, 5.74) is 1.51. The van der Waals surface area contributed by atoms with E-state index in [1.807, 2.05) is 0 Å². The summed E-state index contributed by atoms with van der Waals surface area (Å²) in [5.74, 6) is -1.47. The number of halogens is 2. The lowest BCUT2D eigenvalue weighted by Crippen LogP contribution is -2.27. The first-order valence-electron chi connectivity index (χ1n) is 9.18. The van der Waals surface area contributed by atoms with Gasteiger partial charge < -0.3 is 10.6 Å². The van der Waals surface area contributed by atoms with Crippen molar-refractivity contribution in [2.45, 2.75) is 13.0 Å². The van der Waals surface area contributed by atoms with Crippen LogP contribution >= 0.6 is 0 Å². The molecular formula is C23H20F2N2O2. The molecule has 0 heterocycles. The van der Waals surface area contributed by atoms with Gasteiger partial charge in [-0.3, -0.25) is 9.59 Å². The van der Waals surface area contributed by atoms with Crippen molar-refractivity contribution in [2.75, 3.05) is 6.54 Å². The summed E-state index contributed by atoms with van der Waals surface area (Å²) >= 11 is 0. The first-order chi connectivity index (χ1) is 14.0.